The summed E-state index contributed by atoms with van der Waals surface area (Å²) in [6.07, 6.45) is -4.35. The Morgan fingerprint density at radius 2 is 1.74 bits per heavy atom. The van der Waals surface area contributed by atoms with Crippen LogP contribution >= 0.6 is 0 Å². The third kappa shape index (κ3) is 4.06. The van der Waals surface area contributed by atoms with E-state index in [4.69, 9.17) is 18.9 Å². The lowest BCUT2D eigenvalue weighted by molar-refractivity contribution is -0.303. The van der Waals surface area contributed by atoms with Gasteiger partial charge in [-0.3, -0.25) is 0 Å². The van der Waals surface area contributed by atoms with E-state index in [2.05, 4.69) is 5.32 Å². The number of alkyl halides is 1. The summed E-state index contributed by atoms with van der Waals surface area (Å²) in [5.41, 5.74) is -3.10. The predicted molar refractivity (Wildman–Crippen MR) is 96.6 cm³/mol. The molecule has 4 rings (SSSR count). The number of hydrogen-bond donors (Lipinski definition) is 5. The average Bonchev–Trinajstić information content (AvgIpc) is 3.09. The van der Waals surface area contributed by atoms with Crippen molar-refractivity contribution in [1.82, 2.24) is 5.32 Å². The second kappa shape index (κ2) is 8.50. The number of carbonyl (C=O) groups excluding carboxylic acids is 2. The van der Waals surface area contributed by atoms with Crippen LogP contribution in [0.25, 0.3) is 0 Å². The van der Waals surface area contributed by atoms with Crippen LogP contribution in [0.5, 0.6) is 0 Å². The van der Waals surface area contributed by atoms with Crippen molar-refractivity contribution in [2.45, 2.75) is 86.9 Å². The van der Waals surface area contributed by atoms with Crippen LogP contribution in [0, 0.1) is 5.92 Å². The van der Waals surface area contributed by atoms with Gasteiger partial charge in [0.1, 0.15) is 24.4 Å². The predicted octanol–water partition coefficient (Wildman–Crippen LogP) is -1.79. The smallest absolute Gasteiger partial charge is 0.360 e. The number of rotatable bonds is 5. The van der Waals surface area contributed by atoms with Gasteiger partial charge >= 0.3 is 23.5 Å². The number of aliphatic hydroxyl groups is 4. The molecule has 0 aromatic rings. The first-order valence-electron chi connectivity index (χ1n) is 10.5. The zero-order valence-electron chi connectivity index (χ0n) is 16.8. The number of halogens is 1. The van der Waals surface area contributed by atoms with Crippen LogP contribution in [-0.2, 0) is 28.5 Å². The number of carbonyl (C=O) groups is 2. The molecule has 3 aliphatic heterocycles. The molecule has 1 saturated carbocycles. The van der Waals surface area contributed by atoms with E-state index in [-0.39, 0.29) is 18.4 Å². The summed E-state index contributed by atoms with van der Waals surface area (Å²) in [5.74, 6) is -4.24. The molecule has 0 aromatic heterocycles. The van der Waals surface area contributed by atoms with Crippen molar-refractivity contribution in [3.8, 4) is 0 Å². The lowest BCUT2D eigenvalue weighted by Crippen LogP contribution is -2.63. The highest BCUT2D eigenvalue weighted by atomic mass is 19.1. The van der Waals surface area contributed by atoms with E-state index in [1.807, 2.05) is 0 Å². The molecule has 0 amide bonds. The lowest BCUT2D eigenvalue weighted by Gasteiger charge is -2.40. The lowest BCUT2D eigenvalue weighted by atomic mass is 9.85. The fourth-order valence-electron chi connectivity index (χ4n) is 4.76. The van der Waals surface area contributed by atoms with Gasteiger partial charge in [-0.2, -0.15) is 0 Å². The second-order valence-electron chi connectivity index (χ2n) is 8.65. The van der Waals surface area contributed by atoms with Crippen LogP contribution in [0.15, 0.2) is 0 Å². The molecule has 1 spiro atoms. The van der Waals surface area contributed by atoms with Crippen LogP contribution in [0.2, 0.25) is 0 Å². The summed E-state index contributed by atoms with van der Waals surface area (Å²) < 4.78 is 36.0. The van der Waals surface area contributed by atoms with Gasteiger partial charge in [0.15, 0.2) is 6.29 Å². The average molecular weight is 449 g/mol. The van der Waals surface area contributed by atoms with Gasteiger partial charge < -0.3 is 39.4 Å². The van der Waals surface area contributed by atoms with E-state index in [9.17, 15) is 30.0 Å². The van der Waals surface area contributed by atoms with Gasteiger partial charge in [0.25, 0.3) is 0 Å². The van der Waals surface area contributed by atoms with E-state index >= 15 is 4.39 Å². The first-order chi connectivity index (χ1) is 14.7. The molecule has 7 atom stereocenters. The largest absolute Gasteiger partial charge is 0.406 e. The molecule has 0 bridgehead atoms. The van der Waals surface area contributed by atoms with Crippen LogP contribution in [-0.4, -0.2) is 93.9 Å². The minimum Gasteiger partial charge on any atom is -0.406 e. The minimum atomic E-state index is -3.10. The summed E-state index contributed by atoms with van der Waals surface area (Å²) in [4.78, 5) is 24.9. The maximum atomic E-state index is 15.2. The number of fused-ring (bicyclic) bond motifs is 1. The van der Waals surface area contributed by atoms with Gasteiger partial charge in [0.2, 0.25) is 0 Å². The van der Waals surface area contributed by atoms with E-state index in [1.54, 1.807) is 0 Å². The van der Waals surface area contributed by atoms with Crippen molar-refractivity contribution < 1.29 is 53.4 Å². The molecule has 1 aliphatic carbocycles. The molecule has 4 aliphatic rings. The fraction of sp³-hybridized carbons (Fsp3) is 0.895. The Morgan fingerprint density at radius 1 is 1.06 bits per heavy atom. The normalized spacial score (nSPS) is 47.7. The standard InChI is InChI=1S/C19H28FNO10/c20-18(5-6-28-15-14(25)13(24)12(23)11(8-22)29-15)16(26)30-19(31-17(18)27)7-9-3-1-2-4-10(9)21-19/h9-15,21-25H,1-8H2/t9-,10+,11+,12+,13-,14+,15?,18?,19?/m0/s1. The number of esters is 2. The molecule has 0 aromatic carbocycles. The Balaban J connectivity index is 1.35. The highest BCUT2D eigenvalue weighted by Crippen LogP contribution is 2.43. The molecule has 31 heavy (non-hydrogen) atoms. The Morgan fingerprint density at radius 3 is 2.39 bits per heavy atom. The van der Waals surface area contributed by atoms with E-state index in [1.165, 1.54) is 0 Å². The first-order valence-corrected chi connectivity index (χ1v) is 10.5. The fourth-order valence-corrected chi connectivity index (χ4v) is 4.76. The SMILES string of the molecule is O=C1OC2(C[C@@H]3CCCC[C@H]3N2)OC(=O)C1(F)CCOC1O[C@H](CO)[C@@H](O)[C@H](O)[C@H]1O. The van der Waals surface area contributed by atoms with E-state index in [0.717, 1.165) is 25.7 Å². The molecule has 3 heterocycles. The molecule has 11 nitrogen and oxygen atoms in total. The number of hydrogen-bond acceptors (Lipinski definition) is 11. The maximum Gasteiger partial charge on any atom is 0.360 e. The van der Waals surface area contributed by atoms with Crippen molar-refractivity contribution in [2.75, 3.05) is 13.2 Å². The summed E-state index contributed by atoms with van der Waals surface area (Å²) in [6, 6.07) is 0.0379. The quantitative estimate of drug-likeness (QED) is 0.238. The van der Waals surface area contributed by atoms with Crippen LogP contribution < -0.4 is 5.32 Å². The number of aliphatic hydroxyl groups excluding tert-OH is 4. The Kier molecular flexibility index (Phi) is 6.25. The van der Waals surface area contributed by atoms with Crippen molar-refractivity contribution in [2.24, 2.45) is 5.92 Å². The molecule has 5 N–H and O–H groups in total. The van der Waals surface area contributed by atoms with Crippen LogP contribution in [0.1, 0.15) is 38.5 Å². The third-order valence-corrected chi connectivity index (χ3v) is 6.58. The van der Waals surface area contributed by atoms with Crippen molar-refractivity contribution >= 4 is 11.9 Å². The molecular formula is C19H28FNO10. The molecular weight excluding hydrogens is 421 g/mol. The highest BCUT2D eigenvalue weighted by molar-refractivity contribution is 6.05. The van der Waals surface area contributed by atoms with Gasteiger partial charge in [0.05, 0.1) is 13.2 Å². The summed E-state index contributed by atoms with van der Waals surface area (Å²) >= 11 is 0. The van der Waals surface area contributed by atoms with E-state index in [0.29, 0.717) is 0 Å². The van der Waals surface area contributed by atoms with Gasteiger partial charge in [-0.15, -0.1) is 0 Å². The van der Waals surface area contributed by atoms with Gasteiger partial charge in [0, 0.05) is 18.9 Å². The molecule has 4 fully saturated rings. The van der Waals surface area contributed by atoms with Gasteiger partial charge in [-0.05, 0) is 18.8 Å². The number of ether oxygens (including phenoxy) is 4. The summed E-state index contributed by atoms with van der Waals surface area (Å²) in [5, 5.41) is 41.7. The van der Waals surface area contributed by atoms with Gasteiger partial charge in [-0.25, -0.2) is 19.3 Å². The summed E-state index contributed by atoms with van der Waals surface area (Å²) in [7, 11) is 0. The Bertz CT molecular complexity index is 671. The maximum absolute atomic E-state index is 15.2. The third-order valence-electron chi connectivity index (χ3n) is 6.58. The number of nitrogens with one attached hydrogen (secondary N) is 1. The minimum absolute atomic E-state index is 0.0379. The first kappa shape index (κ1) is 22.8. The Hall–Kier alpha value is -1.41. The van der Waals surface area contributed by atoms with E-state index < -0.39 is 73.9 Å². The molecule has 12 heteroatoms. The second-order valence-corrected chi connectivity index (χ2v) is 8.65. The van der Waals surface area contributed by atoms with Crippen LogP contribution in [0.3, 0.4) is 0 Å². The monoisotopic (exact) mass is 449 g/mol. The molecule has 3 saturated heterocycles. The van der Waals surface area contributed by atoms with Crippen molar-refractivity contribution in [1.29, 1.82) is 0 Å². The summed E-state index contributed by atoms with van der Waals surface area (Å²) in [6.45, 7) is -1.23. The topological polar surface area (TPSA) is 164 Å². The van der Waals surface area contributed by atoms with Gasteiger partial charge in [-0.1, -0.05) is 12.8 Å². The molecule has 176 valence electrons. The molecule has 0 radical (unpaired) electrons. The zero-order chi connectivity index (χ0) is 22.4. The Labute approximate surface area is 177 Å². The van der Waals surface area contributed by atoms with Crippen molar-refractivity contribution in [3.63, 3.8) is 0 Å². The zero-order valence-corrected chi connectivity index (χ0v) is 16.8. The molecule has 1 unspecified atom stereocenters. The van der Waals surface area contributed by atoms with Crippen molar-refractivity contribution in [3.05, 3.63) is 0 Å². The highest BCUT2D eigenvalue weighted by Gasteiger charge is 2.63. The van der Waals surface area contributed by atoms with Crippen LogP contribution in [0.4, 0.5) is 4.39 Å².